The molecule has 136 valence electrons. The third kappa shape index (κ3) is 6.95. The molecule has 1 fully saturated rings. The molecule has 2 rings (SSSR count). The van der Waals surface area contributed by atoms with E-state index in [1.807, 2.05) is 12.4 Å². The Morgan fingerprint density at radius 1 is 1.25 bits per heavy atom. The van der Waals surface area contributed by atoms with Crippen molar-refractivity contribution in [2.75, 3.05) is 13.1 Å². The van der Waals surface area contributed by atoms with Gasteiger partial charge < -0.3 is 10.6 Å². The third-order valence-electron chi connectivity index (χ3n) is 4.90. The first-order valence-corrected chi connectivity index (χ1v) is 9.17. The highest BCUT2D eigenvalue weighted by Gasteiger charge is 2.20. The molecule has 1 heterocycles. The van der Waals surface area contributed by atoms with Crippen LogP contribution >= 0.6 is 24.0 Å². The van der Waals surface area contributed by atoms with Crippen LogP contribution in [-0.2, 0) is 6.42 Å². The topological polar surface area (TPSA) is 49.3 Å². The second kappa shape index (κ2) is 11.7. The molecule has 0 spiro atoms. The predicted molar refractivity (Wildman–Crippen MR) is 113 cm³/mol. The minimum Gasteiger partial charge on any atom is -0.357 e. The minimum absolute atomic E-state index is 0. The molecule has 1 aliphatic carbocycles. The molecule has 0 bridgehead atoms. The first-order valence-electron chi connectivity index (χ1n) is 9.17. The summed E-state index contributed by atoms with van der Waals surface area (Å²) in [6, 6.07) is 2.68. The van der Waals surface area contributed by atoms with Crippen LogP contribution in [0.4, 0.5) is 0 Å². The number of nitrogens with one attached hydrogen (secondary N) is 2. The number of guanidine groups is 1. The van der Waals surface area contributed by atoms with Crippen molar-refractivity contribution in [2.45, 2.75) is 65.3 Å². The average molecular weight is 444 g/mol. The van der Waals surface area contributed by atoms with Gasteiger partial charge in [-0.05, 0) is 69.1 Å². The van der Waals surface area contributed by atoms with Gasteiger partial charge in [-0.15, -0.1) is 24.0 Å². The van der Waals surface area contributed by atoms with Crippen LogP contribution in [-0.4, -0.2) is 30.1 Å². The molecule has 0 atom stereocenters. The highest BCUT2D eigenvalue weighted by atomic mass is 127. The molecule has 2 N–H and O–H groups in total. The van der Waals surface area contributed by atoms with E-state index in [0.29, 0.717) is 6.04 Å². The van der Waals surface area contributed by atoms with Crippen LogP contribution < -0.4 is 10.6 Å². The fraction of sp³-hybridized carbons (Fsp3) is 0.684. The highest BCUT2D eigenvalue weighted by molar-refractivity contribution is 14.0. The van der Waals surface area contributed by atoms with Gasteiger partial charge in [0.2, 0.25) is 0 Å². The van der Waals surface area contributed by atoms with Crippen LogP contribution in [0.15, 0.2) is 23.5 Å². The molecule has 4 nitrogen and oxygen atoms in total. The lowest BCUT2D eigenvalue weighted by Crippen LogP contribution is -2.45. The van der Waals surface area contributed by atoms with Gasteiger partial charge >= 0.3 is 0 Å². The molecule has 1 saturated carbocycles. The molecule has 1 aliphatic rings. The summed E-state index contributed by atoms with van der Waals surface area (Å²) in [5.74, 6) is 1.90. The second-order valence-electron chi connectivity index (χ2n) is 6.58. The molecule has 0 saturated heterocycles. The molecule has 0 radical (unpaired) electrons. The minimum atomic E-state index is 0. The van der Waals surface area contributed by atoms with E-state index < -0.39 is 0 Å². The third-order valence-corrected chi connectivity index (χ3v) is 4.90. The molecule has 0 aromatic carbocycles. The Morgan fingerprint density at radius 3 is 2.62 bits per heavy atom. The second-order valence-corrected chi connectivity index (χ2v) is 6.58. The van der Waals surface area contributed by atoms with Gasteiger partial charge in [-0.3, -0.25) is 9.98 Å². The molecular formula is C19H33IN4. The van der Waals surface area contributed by atoms with Crippen LogP contribution in [0.3, 0.4) is 0 Å². The van der Waals surface area contributed by atoms with E-state index >= 15 is 0 Å². The summed E-state index contributed by atoms with van der Waals surface area (Å²) in [7, 11) is 0. The van der Waals surface area contributed by atoms with Crippen molar-refractivity contribution < 1.29 is 0 Å². The normalized spacial score (nSPS) is 21.0. The van der Waals surface area contributed by atoms with Crippen LogP contribution in [0.5, 0.6) is 0 Å². The van der Waals surface area contributed by atoms with Crippen molar-refractivity contribution in [3.8, 4) is 0 Å². The maximum atomic E-state index is 4.76. The Balaban J connectivity index is 0.00000288. The van der Waals surface area contributed by atoms with Crippen molar-refractivity contribution in [2.24, 2.45) is 10.9 Å². The van der Waals surface area contributed by atoms with Gasteiger partial charge in [0.05, 0.1) is 0 Å². The molecule has 24 heavy (non-hydrogen) atoms. The summed E-state index contributed by atoms with van der Waals surface area (Å²) in [5, 5.41) is 7.01. The first-order chi connectivity index (χ1) is 11.2. The predicted octanol–water partition coefficient (Wildman–Crippen LogP) is 4.07. The van der Waals surface area contributed by atoms with Crippen molar-refractivity contribution in [3.05, 3.63) is 29.6 Å². The molecule has 0 aliphatic heterocycles. The maximum absolute atomic E-state index is 4.76. The molecule has 1 aromatic rings. The van der Waals surface area contributed by atoms with Crippen LogP contribution in [0.25, 0.3) is 0 Å². The standard InChI is InChI=1S/C19H32N4.HI/c1-4-16-6-8-18(9-7-16)23-19(21-5-2)22-13-11-17-10-12-20-14-15(17)3;/h10,12,14,16,18H,4-9,11,13H2,1-3H3,(H2,21,22,23);1H. The number of rotatable bonds is 6. The Labute approximate surface area is 164 Å². The highest BCUT2D eigenvalue weighted by Crippen LogP contribution is 2.26. The number of hydrogen-bond acceptors (Lipinski definition) is 2. The fourth-order valence-corrected chi connectivity index (χ4v) is 3.30. The van der Waals surface area contributed by atoms with Crippen LogP contribution in [0, 0.1) is 12.8 Å². The lowest BCUT2D eigenvalue weighted by molar-refractivity contribution is 0.304. The number of halogens is 1. The number of aryl methyl sites for hydroxylation is 1. The molecule has 0 amide bonds. The zero-order valence-corrected chi connectivity index (χ0v) is 17.7. The lowest BCUT2D eigenvalue weighted by atomic mass is 9.84. The van der Waals surface area contributed by atoms with E-state index in [1.165, 1.54) is 43.2 Å². The van der Waals surface area contributed by atoms with Gasteiger partial charge in [-0.2, -0.15) is 0 Å². The smallest absolute Gasteiger partial charge is 0.191 e. The summed E-state index contributed by atoms with van der Waals surface area (Å²) >= 11 is 0. The van der Waals surface area contributed by atoms with Crippen molar-refractivity contribution in [1.82, 2.24) is 15.6 Å². The van der Waals surface area contributed by atoms with Gasteiger partial charge in [0.1, 0.15) is 0 Å². The summed E-state index contributed by atoms with van der Waals surface area (Å²) < 4.78 is 0. The monoisotopic (exact) mass is 444 g/mol. The molecule has 5 heteroatoms. The zero-order valence-electron chi connectivity index (χ0n) is 15.3. The summed E-state index contributed by atoms with van der Waals surface area (Å²) in [5.41, 5.74) is 2.58. The lowest BCUT2D eigenvalue weighted by Gasteiger charge is -2.29. The van der Waals surface area contributed by atoms with E-state index in [9.17, 15) is 0 Å². The quantitative estimate of drug-likeness (QED) is 0.395. The summed E-state index contributed by atoms with van der Waals surface area (Å²) in [4.78, 5) is 8.90. The average Bonchev–Trinajstić information content (AvgIpc) is 2.57. The van der Waals surface area contributed by atoms with E-state index in [0.717, 1.165) is 31.4 Å². The van der Waals surface area contributed by atoms with Gasteiger partial charge in [0.15, 0.2) is 5.96 Å². The SMILES string of the molecule is CCNC(=NCCc1ccncc1C)NC1CCC(CC)CC1.I. The number of nitrogens with zero attached hydrogens (tertiary/aromatic N) is 2. The number of aliphatic imine (C=N–C) groups is 1. The number of hydrogen-bond donors (Lipinski definition) is 2. The number of aromatic nitrogens is 1. The van der Waals surface area contributed by atoms with Crippen LogP contribution in [0.2, 0.25) is 0 Å². The van der Waals surface area contributed by atoms with E-state index in [4.69, 9.17) is 4.99 Å². The summed E-state index contributed by atoms with van der Waals surface area (Å²) in [6.07, 6.45) is 11.3. The van der Waals surface area contributed by atoms with Crippen molar-refractivity contribution >= 4 is 29.9 Å². The van der Waals surface area contributed by atoms with E-state index in [-0.39, 0.29) is 24.0 Å². The largest absolute Gasteiger partial charge is 0.357 e. The van der Waals surface area contributed by atoms with Gasteiger partial charge in [-0.1, -0.05) is 13.3 Å². The fourth-order valence-electron chi connectivity index (χ4n) is 3.30. The van der Waals surface area contributed by atoms with Gasteiger partial charge in [-0.25, -0.2) is 0 Å². The van der Waals surface area contributed by atoms with E-state index in [2.05, 4.69) is 42.5 Å². The number of pyridine rings is 1. The van der Waals surface area contributed by atoms with Crippen LogP contribution in [0.1, 0.15) is 57.1 Å². The Bertz CT molecular complexity index is 496. The van der Waals surface area contributed by atoms with Crippen molar-refractivity contribution in [1.29, 1.82) is 0 Å². The Kier molecular flexibility index (Phi) is 10.3. The Morgan fingerprint density at radius 2 is 2.00 bits per heavy atom. The molecule has 1 aromatic heterocycles. The molecular weight excluding hydrogens is 411 g/mol. The van der Waals surface area contributed by atoms with E-state index in [1.54, 1.807) is 0 Å². The first kappa shape index (κ1) is 21.2. The van der Waals surface area contributed by atoms with Crippen molar-refractivity contribution in [3.63, 3.8) is 0 Å². The van der Waals surface area contributed by atoms with Gasteiger partial charge in [0, 0.05) is 31.5 Å². The summed E-state index contributed by atoms with van der Waals surface area (Å²) in [6.45, 7) is 8.26. The zero-order chi connectivity index (χ0) is 16.5. The maximum Gasteiger partial charge on any atom is 0.191 e. The molecule has 0 unspecified atom stereocenters. The van der Waals surface area contributed by atoms with Gasteiger partial charge in [0.25, 0.3) is 0 Å². The Hall–Kier alpha value is -0.850.